The van der Waals surface area contributed by atoms with E-state index in [4.69, 9.17) is 0 Å². The van der Waals surface area contributed by atoms with Crippen molar-refractivity contribution in [3.8, 4) is 0 Å². The zero-order valence-electron chi connectivity index (χ0n) is 9.84. The molecule has 1 aromatic carbocycles. The molecule has 1 unspecified atom stereocenters. The Labute approximate surface area is 99.9 Å². The van der Waals surface area contributed by atoms with E-state index in [1.807, 2.05) is 31.2 Å². The van der Waals surface area contributed by atoms with E-state index in [9.17, 15) is 4.79 Å². The summed E-state index contributed by atoms with van der Waals surface area (Å²) in [5.41, 5.74) is 1.70. The Morgan fingerprint density at radius 3 is 3.00 bits per heavy atom. The van der Waals surface area contributed by atoms with Crippen molar-refractivity contribution in [2.24, 2.45) is 0 Å². The van der Waals surface area contributed by atoms with Gasteiger partial charge in [0.2, 0.25) is 0 Å². The highest BCUT2D eigenvalue weighted by Crippen LogP contribution is 2.20. The van der Waals surface area contributed by atoms with Crippen LogP contribution < -0.4 is 0 Å². The van der Waals surface area contributed by atoms with Crippen LogP contribution in [-0.4, -0.2) is 20.8 Å². The van der Waals surface area contributed by atoms with Gasteiger partial charge in [0.05, 0.1) is 5.52 Å². The van der Waals surface area contributed by atoms with E-state index in [2.05, 4.69) is 16.9 Å². The van der Waals surface area contributed by atoms with Gasteiger partial charge in [0.25, 0.3) is 0 Å². The Balaban J connectivity index is 2.48. The van der Waals surface area contributed by atoms with Crippen molar-refractivity contribution in [1.82, 2.24) is 15.0 Å². The van der Waals surface area contributed by atoms with Crippen molar-refractivity contribution in [1.29, 1.82) is 0 Å². The second kappa shape index (κ2) is 4.91. The smallest absolute Gasteiger partial charge is 0.157 e. The van der Waals surface area contributed by atoms with E-state index < -0.39 is 0 Å². The van der Waals surface area contributed by atoms with E-state index in [0.29, 0.717) is 12.8 Å². The van der Waals surface area contributed by atoms with Crippen molar-refractivity contribution in [3.63, 3.8) is 0 Å². The molecule has 0 radical (unpaired) electrons. The summed E-state index contributed by atoms with van der Waals surface area (Å²) in [6.07, 6.45) is 2.82. The Morgan fingerprint density at radius 2 is 2.29 bits per heavy atom. The molecule has 0 aliphatic rings. The average molecular weight is 229 g/mol. The number of fused-ring (bicyclic) bond motifs is 1. The van der Waals surface area contributed by atoms with Gasteiger partial charge in [-0.3, -0.25) is 4.79 Å². The van der Waals surface area contributed by atoms with Crippen molar-refractivity contribution in [2.45, 2.75) is 25.8 Å². The van der Waals surface area contributed by atoms with Gasteiger partial charge in [-0.05, 0) is 18.6 Å². The largest absolute Gasteiger partial charge is 0.297 e. The highest BCUT2D eigenvalue weighted by molar-refractivity contribution is 5.84. The van der Waals surface area contributed by atoms with Crippen molar-refractivity contribution >= 4 is 16.8 Å². The first-order chi connectivity index (χ1) is 8.27. The summed E-state index contributed by atoms with van der Waals surface area (Å²) >= 11 is 0. The number of benzene rings is 1. The second-order valence-electron chi connectivity index (χ2n) is 3.88. The fraction of sp³-hybridized carbons (Fsp3) is 0.308. The summed E-state index contributed by atoms with van der Waals surface area (Å²) in [6, 6.07) is 7.36. The number of hydrogen-bond donors (Lipinski definition) is 0. The number of nitrogens with zero attached hydrogens (tertiary/aromatic N) is 3. The van der Waals surface area contributed by atoms with Crippen LogP contribution >= 0.6 is 0 Å². The molecule has 2 aromatic rings. The highest BCUT2D eigenvalue weighted by Gasteiger charge is 2.20. The predicted molar refractivity (Wildman–Crippen MR) is 66.7 cm³/mol. The van der Waals surface area contributed by atoms with Crippen LogP contribution in [0.2, 0.25) is 0 Å². The molecule has 0 spiro atoms. The molecule has 0 amide bonds. The Hall–Kier alpha value is -1.97. The molecule has 0 N–H and O–H groups in total. The van der Waals surface area contributed by atoms with Crippen molar-refractivity contribution < 1.29 is 4.79 Å². The van der Waals surface area contributed by atoms with Crippen LogP contribution in [-0.2, 0) is 4.79 Å². The van der Waals surface area contributed by atoms with Crippen LogP contribution in [0.4, 0.5) is 0 Å². The molecule has 4 nitrogen and oxygen atoms in total. The highest BCUT2D eigenvalue weighted by atomic mass is 16.1. The number of carbonyl (C=O) groups is 1. The Bertz CT molecular complexity index is 544. The van der Waals surface area contributed by atoms with E-state index in [1.165, 1.54) is 0 Å². The number of allylic oxidation sites excluding steroid dienone is 1. The molecule has 1 aromatic heterocycles. The molecule has 4 heteroatoms. The minimum Gasteiger partial charge on any atom is -0.297 e. The van der Waals surface area contributed by atoms with Gasteiger partial charge in [-0.15, -0.1) is 11.7 Å². The number of Topliss-reactive ketones (excluding diaryl/α,β-unsaturated/α-hetero) is 1. The third kappa shape index (κ3) is 2.11. The number of aromatic nitrogens is 3. The first-order valence-corrected chi connectivity index (χ1v) is 5.71. The molecule has 1 atom stereocenters. The van der Waals surface area contributed by atoms with Crippen molar-refractivity contribution in [2.75, 3.05) is 0 Å². The summed E-state index contributed by atoms with van der Waals surface area (Å²) in [6.45, 7) is 5.55. The predicted octanol–water partition coefficient (Wildman–Crippen LogP) is 2.53. The first-order valence-electron chi connectivity index (χ1n) is 5.71. The molecule has 1 heterocycles. The molecule has 0 saturated heterocycles. The molecular weight excluding hydrogens is 214 g/mol. The van der Waals surface area contributed by atoms with Crippen LogP contribution in [0.1, 0.15) is 25.8 Å². The van der Waals surface area contributed by atoms with Gasteiger partial charge in [-0.1, -0.05) is 30.3 Å². The van der Waals surface area contributed by atoms with E-state index in [0.717, 1.165) is 11.0 Å². The van der Waals surface area contributed by atoms with Gasteiger partial charge in [-0.2, -0.15) is 0 Å². The molecule has 0 saturated carbocycles. The molecule has 0 bridgehead atoms. The van der Waals surface area contributed by atoms with Crippen LogP contribution in [0.5, 0.6) is 0 Å². The number of ketones is 1. The van der Waals surface area contributed by atoms with Crippen LogP contribution in [0, 0.1) is 0 Å². The maximum absolute atomic E-state index is 11.9. The van der Waals surface area contributed by atoms with E-state index in [-0.39, 0.29) is 11.8 Å². The quantitative estimate of drug-likeness (QED) is 0.740. The van der Waals surface area contributed by atoms with Gasteiger partial charge in [0, 0.05) is 6.42 Å². The lowest BCUT2D eigenvalue weighted by Gasteiger charge is -2.13. The molecule has 2 rings (SSSR count). The lowest BCUT2D eigenvalue weighted by atomic mass is 10.1. The monoisotopic (exact) mass is 229 g/mol. The zero-order chi connectivity index (χ0) is 12.3. The summed E-state index contributed by atoms with van der Waals surface area (Å²) in [5.74, 6) is 0.153. The number of carbonyl (C=O) groups excluding carboxylic acids is 1. The van der Waals surface area contributed by atoms with Crippen LogP contribution in [0.3, 0.4) is 0 Å². The molecule has 0 fully saturated rings. The topological polar surface area (TPSA) is 47.8 Å². The maximum atomic E-state index is 11.9. The molecule has 0 aliphatic carbocycles. The molecule has 88 valence electrons. The SMILES string of the molecule is C=CCC(C(=O)CC)n1nnc2ccccc21. The number of para-hydroxylation sites is 1. The minimum absolute atomic E-state index is 0.153. The second-order valence-corrected chi connectivity index (χ2v) is 3.88. The van der Waals surface area contributed by atoms with Gasteiger partial charge in [0.1, 0.15) is 11.6 Å². The third-order valence-corrected chi connectivity index (χ3v) is 2.78. The summed E-state index contributed by atoms with van der Waals surface area (Å²) in [4.78, 5) is 11.9. The Kier molecular flexibility index (Phi) is 3.32. The average Bonchev–Trinajstić information content (AvgIpc) is 2.79. The summed E-state index contributed by atoms with van der Waals surface area (Å²) in [5, 5.41) is 8.15. The molecule has 17 heavy (non-hydrogen) atoms. The molecule has 0 aliphatic heterocycles. The minimum atomic E-state index is -0.287. The first kappa shape index (κ1) is 11.5. The lowest BCUT2D eigenvalue weighted by Crippen LogP contribution is -2.19. The maximum Gasteiger partial charge on any atom is 0.157 e. The van der Waals surface area contributed by atoms with E-state index in [1.54, 1.807) is 10.8 Å². The van der Waals surface area contributed by atoms with Crippen LogP contribution in [0.25, 0.3) is 11.0 Å². The van der Waals surface area contributed by atoms with Gasteiger partial charge in [0.15, 0.2) is 5.78 Å². The van der Waals surface area contributed by atoms with Gasteiger partial charge in [-0.25, -0.2) is 4.68 Å². The van der Waals surface area contributed by atoms with Crippen molar-refractivity contribution in [3.05, 3.63) is 36.9 Å². The van der Waals surface area contributed by atoms with Crippen LogP contribution in [0.15, 0.2) is 36.9 Å². The number of rotatable bonds is 5. The third-order valence-electron chi connectivity index (χ3n) is 2.78. The van der Waals surface area contributed by atoms with Gasteiger partial charge >= 0.3 is 0 Å². The van der Waals surface area contributed by atoms with Gasteiger partial charge < -0.3 is 0 Å². The lowest BCUT2D eigenvalue weighted by molar-refractivity contribution is -0.122. The summed E-state index contributed by atoms with van der Waals surface area (Å²) < 4.78 is 1.70. The normalized spacial score (nSPS) is 12.5. The molecular formula is C13H15N3O. The standard InChI is InChI=1S/C13H15N3O/c1-3-7-12(13(17)4-2)16-11-9-6-5-8-10(11)14-15-16/h3,5-6,8-9,12H,1,4,7H2,2H3. The summed E-state index contributed by atoms with van der Waals surface area (Å²) in [7, 11) is 0. The Morgan fingerprint density at radius 1 is 1.53 bits per heavy atom. The van der Waals surface area contributed by atoms with E-state index >= 15 is 0 Å². The zero-order valence-corrected chi connectivity index (χ0v) is 9.84. The fourth-order valence-electron chi connectivity index (χ4n) is 1.88. The fourth-order valence-corrected chi connectivity index (χ4v) is 1.88. The number of hydrogen-bond acceptors (Lipinski definition) is 3.